The van der Waals surface area contributed by atoms with Crippen molar-refractivity contribution >= 4 is 23.3 Å². The number of rotatable bonds is 4. The zero-order valence-corrected chi connectivity index (χ0v) is 15.9. The summed E-state index contributed by atoms with van der Waals surface area (Å²) in [5.74, 6) is 0.450. The number of piperazine rings is 1. The lowest BCUT2D eigenvalue weighted by molar-refractivity contribution is 0.0746. The van der Waals surface area contributed by atoms with Gasteiger partial charge in [0.05, 0.1) is 0 Å². The zero-order valence-electron chi connectivity index (χ0n) is 15.9. The van der Waals surface area contributed by atoms with Gasteiger partial charge in [-0.2, -0.15) is 0 Å². The quantitative estimate of drug-likeness (QED) is 0.745. The van der Waals surface area contributed by atoms with E-state index in [0.29, 0.717) is 43.2 Å². The van der Waals surface area contributed by atoms with E-state index < -0.39 is 0 Å². The Bertz CT molecular complexity index is 969. The molecule has 1 aromatic heterocycles. The Hall–Kier alpha value is -3.74. The molecule has 0 aliphatic carbocycles. The van der Waals surface area contributed by atoms with Crippen LogP contribution in [0.25, 0.3) is 0 Å². The Morgan fingerprint density at radius 2 is 1.41 bits per heavy atom. The summed E-state index contributed by atoms with van der Waals surface area (Å²) in [7, 11) is 0. The molecule has 0 bridgehead atoms. The van der Waals surface area contributed by atoms with E-state index in [1.54, 1.807) is 12.1 Å². The van der Waals surface area contributed by atoms with Crippen LogP contribution in [0.5, 0.6) is 0 Å². The minimum atomic E-state index is -0.298. The summed E-state index contributed by atoms with van der Waals surface area (Å²) in [5, 5.41) is 11.1. The van der Waals surface area contributed by atoms with Crippen molar-refractivity contribution in [1.82, 2.24) is 15.1 Å². The Balaban J connectivity index is 1.34. The fourth-order valence-corrected chi connectivity index (χ4v) is 3.23. The van der Waals surface area contributed by atoms with Crippen LogP contribution in [0.1, 0.15) is 20.8 Å². The highest BCUT2D eigenvalue weighted by atomic mass is 16.2. The first kappa shape index (κ1) is 18.6. The summed E-state index contributed by atoms with van der Waals surface area (Å²) < 4.78 is 0. The van der Waals surface area contributed by atoms with Crippen LogP contribution in [0, 0.1) is 0 Å². The number of nitrogens with one attached hydrogen (secondary N) is 1. The van der Waals surface area contributed by atoms with Gasteiger partial charge in [-0.25, -0.2) is 0 Å². The van der Waals surface area contributed by atoms with E-state index in [0.717, 1.165) is 0 Å². The number of anilines is 2. The number of hydrogen-bond donors (Lipinski definition) is 1. The SMILES string of the molecule is O=C(Nc1ccccc1)c1ccc(N2CCN(C(=O)c3ccccc3)CC2)nn1. The number of aromatic nitrogens is 2. The molecule has 0 saturated carbocycles. The molecule has 29 heavy (non-hydrogen) atoms. The lowest BCUT2D eigenvalue weighted by Gasteiger charge is -2.35. The summed E-state index contributed by atoms with van der Waals surface area (Å²) in [4.78, 5) is 28.7. The van der Waals surface area contributed by atoms with Gasteiger partial charge >= 0.3 is 0 Å². The van der Waals surface area contributed by atoms with Crippen LogP contribution in [0.15, 0.2) is 72.8 Å². The number of hydrogen-bond acceptors (Lipinski definition) is 5. The van der Waals surface area contributed by atoms with Crippen molar-refractivity contribution < 1.29 is 9.59 Å². The molecule has 0 spiro atoms. The van der Waals surface area contributed by atoms with E-state index in [1.165, 1.54) is 0 Å². The Labute approximate surface area is 169 Å². The van der Waals surface area contributed by atoms with Gasteiger partial charge in [-0.15, -0.1) is 10.2 Å². The molecule has 2 aromatic carbocycles. The van der Waals surface area contributed by atoms with Gasteiger partial charge in [0.15, 0.2) is 11.5 Å². The van der Waals surface area contributed by atoms with Crippen molar-refractivity contribution in [3.63, 3.8) is 0 Å². The first-order valence-corrected chi connectivity index (χ1v) is 9.50. The molecule has 7 nitrogen and oxygen atoms in total. The summed E-state index contributed by atoms with van der Waals surface area (Å²) >= 11 is 0. The van der Waals surface area contributed by atoms with Gasteiger partial charge in [-0.1, -0.05) is 36.4 Å². The molecule has 2 amide bonds. The second-order valence-electron chi connectivity index (χ2n) is 6.74. The molecule has 0 atom stereocenters. The predicted octanol–water partition coefficient (Wildman–Crippen LogP) is 2.69. The van der Waals surface area contributed by atoms with Gasteiger partial charge in [-0.05, 0) is 36.4 Å². The monoisotopic (exact) mass is 387 g/mol. The molecule has 2 heterocycles. The number of carbonyl (C=O) groups is 2. The van der Waals surface area contributed by atoms with Gasteiger partial charge in [0.1, 0.15) is 0 Å². The van der Waals surface area contributed by atoms with Crippen LogP contribution in [0.4, 0.5) is 11.5 Å². The Kier molecular flexibility index (Phi) is 5.47. The van der Waals surface area contributed by atoms with Gasteiger partial charge in [0, 0.05) is 37.4 Å². The van der Waals surface area contributed by atoms with E-state index in [2.05, 4.69) is 20.4 Å². The van der Waals surface area contributed by atoms with Crippen molar-refractivity contribution in [1.29, 1.82) is 0 Å². The smallest absolute Gasteiger partial charge is 0.276 e. The van der Waals surface area contributed by atoms with Crippen LogP contribution in [-0.2, 0) is 0 Å². The Morgan fingerprint density at radius 3 is 2.03 bits per heavy atom. The molecular formula is C22H21N5O2. The highest BCUT2D eigenvalue weighted by molar-refractivity contribution is 6.02. The van der Waals surface area contributed by atoms with Crippen LogP contribution in [0.2, 0.25) is 0 Å². The van der Waals surface area contributed by atoms with E-state index in [-0.39, 0.29) is 17.5 Å². The van der Waals surface area contributed by atoms with Crippen LogP contribution in [0.3, 0.4) is 0 Å². The van der Waals surface area contributed by atoms with Gasteiger partial charge in [0.2, 0.25) is 0 Å². The van der Waals surface area contributed by atoms with Crippen molar-refractivity contribution in [3.8, 4) is 0 Å². The number of nitrogens with zero attached hydrogens (tertiary/aromatic N) is 4. The lowest BCUT2D eigenvalue weighted by Crippen LogP contribution is -2.49. The summed E-state index contributed by atoms with van der Waals surface area (Å²) in [6, 6.07) is 22.0. The van der Waals surface area contributed by atoms with E-state index in [1.807, 2.05) is 65.6 Å². The molecule has 1 N–H and O–H groups in total. The molecule has 4 rings (SSSR count). The maximum Gasteiger partial charge on any atom is 0.276 e. The van der Waals surface area contributed by atoms with E-state index in [4.69, 9.17) is 0 Å². The second kappa shape index (κ2) is 8.52. The standard InChI is InChI=1S/C22H21N5O2/c28-21(23-18-9-5-2-6-10-18)19-11-12-20(25-24-19)26-13-15-27(16-14-26)22(29)17-7-3-1-4-8-17/h1-12H,13-16H2,(H,23,28). The largest absolute Gasteiger partial charge is 0.352 e. The maximum atomic E-state index is 12.5. The van der Waals surface area contributed by atoms with Crippen molar-refractivity contribution in [2.45, 2.75) is 0 Å². The first-order valence-electron chi connectivity index (χ1n) is 9.50. The average molecular weight is 387 g/mol. The van der Waals surface area contributed by atoms with Crippen molar-refractivity contribution in [2.24, 2.45) is 0 Å². The minimum Gasteiger partial charge on any atom is -0.352 e. The third-order valence-corrected chi connectivity index (χ3v) is 4.83. The van der Waals surface area contributed by atoms with Gasteiger partial charge in [0.25, 0.3) is 11.8 Å². The van der Waals surface area contributed by atoms with Gasteiger partial charge in [-0.3, -0.25) is 9.59 Å². The zero-order chi connectivity index (χ0) is 20.1. The highest BCUT2D eigenvalue weighted by Gasteiger charge is 2.23. The summed E-state index contributed by atoms with van der Waals surface area (Å²) in [6.07, 6.45) is 0. The van der Waals surface area contributed by atoms with Crippen LogP contribution in [-0.4, -0.2) is 53.1 Å². The molecule has 7 heteroatoms. The predicted molar refractivity (Wildman–Crippen MR) is 111 cm³/mol. The number of para-hydroxylation sites is 1. The molecule has 0 radical (unpaired) electrons. The summed E-state index contributed by atoms with van der Waals surface area (Å²) in [5.41, 5.74) is 1.67. The van der Waals surface area contributed by atoms with Crippen LogP contribution >= 0.6 is 0 Å². The van der Waals surface area contributed by atoms with Crippen molar-refractivity contribution in [3.05, 3.63) is 84.1 Å². The minimum absolute atomic E-state index is 0.0456. The molecular weight excluding hydrogens is 366 g/mol. The number of benzene rings is 2. The molecule has 3 aromatic rings. The van der Waals surface area contributed by atoms with Crippen molar-refractivity contribution in [2.75, 3.05) is 36.4 Å². The average Bonchev–Trinajstić information content (AvgIpc) is 2.80. The van der Waals surface area contributed by atoms with E-state index >= 15 is 0 Å². The maximum absolute atomic E-state index is 12.5. The molecule has 1 aliphatic rings. The normalized spacial score (nSPS) is 13.8. The van der Waals surface area contributed by atoms with Crippen LogP contribution < -0.4 is 10.2 Å². The topological polar surface area (TPSA) is 78.4 Å². The molecule has 1 aliphatic heterocycles. The number of amides is 2. The number of carbonyl (C=O) groups excluding carboxylic acids is 2. The summed E-state index contributed by atoms with van der Waals surface area (Å²) in [6.45, 7) is 2.57. The molecule has 0 unspecified atom stereocenters. The molecule has 1 fully saturated rings. The van der Waals surface area contributed by atoms with E-state index in [9.17, 15) is 9.59 Å². The third-order valence-electron chi connectivity index (χ3n) is 4.83. The molecule has 146 valence electrons. The highest BCUT2D eigenvalue weighted by Crippen LogP contribution is 2.15. The fourth-order valence-electron chi connectivity index (χ4n) is 3.23. The first-order chi connectivity index (χ1) is 14.2. The lowest BCUT2D eigenvalue weighted by atomic mass is 10.2. The van der Waals surface area contributed by atoms with Gasteiger partial charge < -0.3 is 15.1 Å². The Morgan fingerprint density at radius 1 is 0.759 bits per heavy atom. The molecule has 1 saturated heterocycles. The third kappa shape index (κ3) is 4.40. The fraction of sp³-hybridized carbons (Fsp3) is 0.182. The second-order valence-corrected chi connectivity index (χ2v) is 6.74.